The summed E-state index contributed by atoms with van der Waals surface area (Å²) >= 11 is 0. The number of nitrogens with one attached hydrogen (secondary N) is 1. The maximum Gasteiger partial charge on any atom is 0.308 e. The van der Waals surface area contributed by atoms with Gasteiger partial charge in [-0.1, -0.05) is 37.3 Å². The third-order valence-electron chi connectivity index (χ3n) is 5.27. The lowest BCUT2D eigenvalue weighted by atomic mass is 9.95. The molecule has 176 valence electrons. The summed E-state index contributed by atoms with van der Waals surface area (Å²) in [4.78, 5) is 35.3. The Morgan fingerprint density at radius 2 is 1.94 bits per heavy atom. The van der Waals surface area contributed by atoms with E-state index in [1.165, 1.54) is 13.8 Å². The van der Waals surface area contributed by atoms with Gasteiger partial charge >= 0.3 is 11.9 Å². The number of carbonyl (C=O) groups is 3. The molecule has 3 rings (SSSR count). The number of rotatable bonds is 8. The highest BCUT2D eigenvalue weighted by Gasteiger charge is 2.52. The molecule has 1 amide bonds. The van der Waals surface area contributed by atoms with Crippen molar-refractivity contribution in [2.24, 2.45) is 5.92 Å². The van der Waals surface area contributed by atoms with Crippen molar-refractivity contribution in [1.82, 2.24) is 5.32 Å². The van der Waals surface area contributed by atoms with Crippen LogP contribution in [0, 0.1) is 5.92 Å². The number of aliphatic carboxylic acids is 1. The van der Waals surface area contributed by atoms with Crippen LogP contribution in [0.5, 0.6) is 0 Å². The lowest BCUT2D eigenvalue weighted by Gasteiger charge is -2.48. The summed E-state index contributed by atoms with van der Waals surface area (Å²) in [6.07, 6.45) is -3.95. The summed E-state index contributed by atoms with van der Waals surface area (Å²) < 4.78 is 29.3. The third-order valence-corrected chi connectivity index (χ3v) is 5.27. The summed E-state index contributed by atoms with van der Waals surface area (Å²) in [5.74, 6) is -2.69. The molecular formula is C22H29NO9. The normalized spacial score (nSPS) is 30.6. The number of fused-ring (bicyclic) bond motifs is 1. The number of benzene rings is 1. The van der Waals surface area contributed by atoms with Crippen molar-refractivity contribution >= 4 is 17.8 Å². The molecule has 0 aliphatic carbocycles. The van der Waals surface area contributed by atoms with Crippen LogP contribution in [0.2, 0.25) is 0 Å². The van der Waals surface area contributed by atoms with E-state index < -0.39 is 54.8 Å². The van der Waals surface area contributed by atoms with Crippen LogP contribution in [0.4, 0.5) is 0 Å². The fourth-order valence-electron chi connectivity index (χ4n) is 3.57. The first kappa shape index (κ1) is 24.1. The van der Waals surface area contributed by atoms with E-state index in [9.17, 15) is 14.4 Å². The summed E-state index contributed by atoms with van der Waals surface area (Å²) in [5.41, 5.74) is 0.788. The van der Waals surface area contributed by atoms with Crippen LogP contribution in [0.25, 0.3) is 0 Å². The standard InChI is InChI=1S/C22H29NO9/c1-4-16(25)31-19-17(23-13(3)24)22(28-10-12(2)20(26)27)30-15-11-29-21(32-18(15)19)14-8-6-5-7-9-14/h5-9,12,15,17-19,21-22H,4,10-11H2,1-3H3,(H,23,24)(H,26,27)/t12-,15?,17?,18+,19+,21?,22+/m0/s1. The first-order valence-corrected chi connectivity index (χ1v) is 10.6. The zero-order chi connectivity index (χ0) is 23.3. The Morgan fingerprint density at radius 3 is 2.56 bits per heavy atom. The van der Waals surface area contributed by atoms with Crippen LogP contribution in [0.15, 0.2) is 30.3 Å². The van der Waals surface area contributed by atoms with Crippen molar-refractivity contribution in [2.45, 2.75) is 64.1 Å². The average Bonchev–Trinajstić information content (AvgIpc) is 2.78. The summed E-state index contributed by atoms with van der Waals surface area (Å²) in [5, 5.41) is 11.9. The van der Waals surface area contributed by atoms with Crippen molar-refractivity contribution in [3.63, 3.8) is 0 Å². The van der Waals surface area contributed by atoms with E-state index in [1.807, 2.05) is 30.3 Å². The predicted octanol–water partition coefficient (Wildman–Crippen LogP) is 1.39. The van der Waals surface area contributed by atoms with Gasteiger partial charge in [0.2, 0.25) is 5.91 Å². The molecule has 32 heavy (non-hydrogen) atoms. The summed E-state index contributed by atoms with van der Waals surface area (Å²) in [6, 6.07) is 8.39. The molecule has 0 spiro atoms. The van der Waals surface area contributed by atoms with Crippen molar-refractivity contribution < 1.29 is 43.2 Å². The van der Waals surface area contributed by atoms with Gasteiger partial charge in [0.15, 0.2) is 18.7 Å². The number of carboxylic acid groups (broad SMARTS) is 1. The van der Waals surface area contributed by atoms with Crippen molar-refractivity contribution in [1.29, 1.82) is 0 Å². The van der Waals surface area contributed by atoms with E-state index in [1.54, 1.807) is 6.92 Å². The monoisotopic (exact) mass is 451 g/mol. The van der Waals surface area contributed by atoms with Gasteiger partial charge in [0.1, 0.15) is 18.2 Å². The van der Waals surface area contributed by atoms with Gasteiger partial charge in [-0.25, -0.2) is 0 Å². The highest BCUT2D eigenvalue weighted by Crippen LogP contribution is 2.36. The van der Waals surface area contributed by atoms with Crippen LogP contribution < -0.4 is 5.32 Å². The molecule has 0 aromatic heterocycles. The van der Waals surface area contributed by atoms with Gasteiger partial charge in [-0.15, -0.1) is 0 Å². The molecule has 0 radical (unpaired) electrons. The average molecular weight is 451 g/mol. The quantitative estimate of drug-likeness (QED) is 0.563. The zero-order valence-electron chi connectivity index (χ0n) is 18.3. The molecule has 2 fully saturated rings. The van der Waals surface area contributed by atoms with E-state index in [4.69, 9.17) is 28.8 Å². The second-order valence-corrected chi connectivity index (χ2v) is 7.83. The summed E-state index contributed by atoms with van der Waals surface area (Å²) in [6.45, 7) is 4.45. The van der Waals surface area contributed by atoms with Gasteiger partial charge < -0.3 is 34.1 Å². The number of carbonyl (C=O) groups excluding carboxylic acids is 2. The Morgan fingerprint density at radius 1 is 1.22 bits per heavy atom. The number of ether oxygens (including phenoxy) is 5. The lowest BCUT2D eigenvalue weighted by Crippen LogP contribution is -2.67. The van der Waals surface area contributed by atoms with Crippen molar-refractivity contribution in [3.8, 4) is 0 Å². The van der Waals surface area contributed by atoms with Gasteiger partial charge in [-0.3, -0.25) is 14.4 Å². The minimum absolute atomic E-state index is 0.127. The molecule has 2 heterocycles. The maximum absolute atomic E-state index is 12.2. The Kier molecular flexibility index (Phi) is 8.19. The Balaban J connectivity index is 1.86. The van der Waals surface area contributed by atoms with Crippen LogP contribution in [0.3, 0.4) is 0 Å². The van der Waals surface area contributed by atoms with Crippen LogP contribution in [-0.4, -0.2) is 66.8 Å². The third kappa shape index (κ3) is 5.83. The SMILES string of the molecule is CCC(=O)O[C@@H]1C(NC(C)=O)[C@H](OC[C@H](C)C(=O)O)OC2COC(c3ccccc3)O[C@H]21. The van der Waals surface area contributed by atoms with Crippen LogP contribution >= 0.6 is 0 Å². The molecule has 2 aliphatic heterocycles. The largest absolute Gasteiger partial charge is 0.481 e. The molecule has 2 saturated heterocycles. The van der Waals surface area contributed by atoms with Crippen molar-refractivity contribution in [3.05, 3.63) is 35.9 Å². The molecular weight excluding hydrogens is 422 g/mol. The van der Waals surface area contributed by atoms with Gasteiger partial charge in [-0.2, -0.15) is 0 Å². The minimum Gasteiger partial charge on any atom is -0.481 e. The number of hydrogen-bond acceptors (Lipinski definition) is 8. The van der Waals surface area contributed by atoms with E-state index in [2.05, 4.69) is 5.32 Å². The van der Waals surface area contributed by atoms with E-state index in [-0.39, 0.29) is 25.5 Å². The highest BCUT2D eigenvalue weighted by molar-refractivity contribution is 5.73. The van der Waals surface area contributed by atoms with Gasteiger partial charge in [-0.05, 0) is 6.92 Å². The molecule has 0 saturated carbocycles. The topological polar surface area (TPSA) is 130 Å². The van der Waals surface area contributed by atoms with E-state index in [0.717, 1.165) is 5.56 Å². The Bertz CT molecular complexity index is 802. The van der Waals surface area contributed by atoms with Gasteiger partial charge in [0.05, 0.1) is 19.1 Å². The Labute approximate surface area is 186 Å². The van der Waals surface area contributed by atoms with Crippen LogP contribution in [0.1, 0.15) is 39.0 Å². The van der Waals surface area contributed by atoms with Gasteiger partial charge in [0.25, 0.3) is 0 Å². The lowest BCUT2D eigenvalue weighted by molar-refractivity contribution is -0.345. The second kappa shape index (κ2) is 10.9. The molecule has 10 nitrogen and oxygen atoms in total. The summed E-state index contributed by atoms with van der Waals surface area (Å²) in [7, 11) is 0. The van der Waals surface area contributed by atoms with Gasteiger partial charge in [0, 0.05) is 18.9 Å². The molecule has 10 heteroatoms. The highest BCUT2D eigenvalue weighted by atomic mass is 16.8. The molecule has 1 aromatic carbocycles. The molecule has 2 aliphatic rings. The fraction of sp³-hybridized carbons (Fsp3) is 0.591. The zero-order valence-corrected chi connectivity index (χ0v) is 18.3. The first-order valence-electron chi connectivity index (χ1n) is 10.6. The van der Waals surface area contributed by atoms with Crippen LogP contribution in [-0.2, 0) is 38.1 Å². The molecule has 7 atom stereocenters. The molecule has 0 bridgehead atoms. The number of hydrogen-bond donors (Lipinski definition) is 2. The molecule has 2 N–H and O–H groups in total. The molecule has 1 aromatic rings. The number of amides is 1. The Hall–Kier alpha value is -2.53. The smallest absolute Gasteiger partial charge is 0.308 e. The second-order valence-electron chi connectivity index (χ2n) is 7.83. The van der Waals surface area contributed by atoms with Crippen molar-refractivity contribution in [2.75, 3.05) is 13.2 Å². The maximum atomic E-state index is 12.2. The minimum atomic E-state index is -1.06. The first-order chi connectivity index (χ1) is 15.3. The predicted molar refractivity (Wildman–Crippen MR) is 109 cm³/mol. The fourth-order valence-corrected chi connectivity index (χ4v) is 3.57. The molecule has 3 unspecified atom stereocenters. The van der Waals surface area contributed by atoms with E-state index >= 15 is 0 Å². The van der Waals surface area contributed by atoms with E-state index in [0.29, 0.717) is 0 Å². The number of esters is 1. The number of carboxylic acids is 1.